The van der Waals surface area contributed by atoms with E-state index in [0.29, 0.717) is 13.1 Å². The number of H-pyrrole nitrogens is 1. The largest absolute Gasteiger partial charge is 0.431 e. The molecule has 7 heteroatoms. The molecule has 104 valence electrons. The molecule has 0 radical (unpaired) electrons. The number of aromatic amines is 1. The second kappa shape index (κ2) is 5.07. The maximum absolute atomic E-state index is 12.4. The van der Waals surface area contributed by atoms with Crippen LogP contribution in [0.15, 0.2) is 16.9 Å². The molecule has 1 amide bonds. The highest BCUT2D eigenvalue weighted by Gasteiger charge is 2.32. The average Bonchev–Trinajstić information content (AvgIpc) is 2.38. The van der Waals surface area contributed by atoms with E-state index in [0.717, 1.165) is 31.4 Å². The van der Waals surface area contributed by atoms with Crippen molar-refractivity contribution >= 4 is 5.91 Å². The van der Waals surface area contributed by atoms with E-state index in [4.69, 9.17) is 0 Å². The summed E-state index contributed by atoms with van der Waals surface area (Å²) in [5.74, 6) is -0.505. The van der Waals surface area contributed by atoms with Crippen LogP contribution in [0.3, 0.4) is 0 Å². The zero-order valence-electron chi connectivity index (χ0n) is 10.1. The molecule has 1 aromatic heterocycles. The van der Waals surface area contributed by atoms with E-state index in [1.165, 1.54) is 4.90 Å². The van der Waals surface area contributed by atoms with Crippen molar-refractivity contribution < 1.29 is 18.0 Å². The molecule has 1 saturated heterocycles. The minimum atomic E-state index is -4.62. The first-order chi connectivity index (χ1) is 8.89. The van der Waals surface area contributed by atoms with Crippen LogP contribution in [0.4, 0.5) is 13.2 Å². The fraction of sp³-hybridized carbons (Fsp3) is 0.500. The summed E-state index contributed by atoms with van der Waals surface area (Å²) in [5.41, 5.74) is -2.38. The third kappa shape index (κ3) is 2.97. The molecule has 0 unspecified atom stereocenters. The van der Waals surface area contributed by atoms with Gasteiger partial charge in [0.15, 0.2) is 0 Å². The molecule has 0 saturated carbocycles. The van der Waals surface area contributed by atoms with Crippen LogP contribution < -0.4 is 5.56 Å². The summed E-state index contributed by atoms with van der Waals surface area (Å²) in [7, 11) is 0. The Hall–Kier alpha value is -1.79. The lowest BCUT2D eigenvalue weighted by molar-refractivity contribution is -0.141. The lowest BCUT2D eigenvalue weighted by Gasteiger charge is -2.26. The highest BCUT2D eigenvalue weighted by molar-refractivity contribution is 5.93. The van der Waals surface area contributed by atoms with Gasteiger partial charge in [-0.25, -0.2) is 0 Å². The molecular formula is C12H13F3N2O2. The van der Waals surface area contributed by atoms with Crippen molar-refractivity contribution in [2.75, 3.05) is 13.1 Å². The third-order valence-corrected chi connectivity index (χ3v) is 3.09. The van der Waals surface area contributed by atoms with Gasteiger partial charge < -0.3 is 9.88 Å². The number of amides is 1. The number of nitrogens with zero attached hydrogens (tertiary/aromatic N) is 1. The Kier molecular flexibility index (Phi) is 3.64. The predicted molar refractivity (Wildman–Crippen MR) is 61.8 cm³/mol. The van der Waals surface area contributed by atoms with Gasteiger partial charge in [0.2, 0.25) is 0 Å². The topological polar surface area (TPSA) is 53.2 Å². The molecule has 1 aromatic rings. The number of piperidine rings is 1. The van der Waals surface area contributed by atoms with Gasteiger partial charge in [0.05, 0.1) is 0 Å². The van der Waals surface area contributed by atoms with E-state index in [9.17, 15) is 22.8 Å². The first-order valence-electron chi connectivity index (χ1n) is 5.99. The number of hydrogen-bond donors (Lipinski definition) is 1. The second-order valence-electron chi connectivity index (χ2n) is 4.47. The Bertz CT molecular complexity index is 531. The van der Waals surface area contributed by atoms with Crippen LogP contribution in [0.25, 0.3) is 0 Å². The lowest BCUT2D eigenvalue weighted by atomic mass is 10.1. The zero-order valence-corrected chi connectivity index (χ0v) is 10.1. The molecule has 0 aliphatic carbocycles. The van der Waals surface area contributed by atoms with Gasteiger partial charge in [-0.15, -0.1) is 0 Å². The van der Waals surface area contributed by atoms with Gasteiger partial charge in [-0.3, -0.25) is 9.59 Å². The number of nitrogens with one attached hydrogen (secondary N) is 1. The van der Waals surface area contributed by atoms with Crippen molar-refractivity contribution in [1.29, 1.82) is 0 Å². The van der Waals surface area contributed by atoms with Crippen LogP contribution in [-0.4, -0.2) is 28.9 Å². The van der Waals surface area contributed by atoms with Gasteiger partial charge in [0, 0.05) is 13.1 Å². The van der Waals surface area contributed by atoms with Gasteiger partial charge in [-0.2, -0.15) is 13.2 Å². The first-order valence-corrected chi connectivity index (χ1v) is 5.99. The molecule has 0 atom stereocenters. The van der Waals surface area contributed by atoms with Gasteiger partial charge in [-0.1, -0.05) is 0 Å². The van der Waals surface area contributed by atoms with E-state index in [2.05, 4.69) is 0 Å². The van der Waals surface area contributed by atoms with E-state index >= 15 is 0 Å². The van der Waals surface area contributed by atoms with Crippen LogP contribution in [0.1, 0.15) is 35.3 Å². The van der Waals surface area contributed by atoms with Crippen molar-refractivity contribution in [2.45, 2.75) is 25.4 Å². The lowest BCUT2D eigenvalue weighted by Crippen LogP contribution is -2.38. The number of carbonyl (C=O) groups excluding carboxylic acids is 1. The van der Waals surface area contributed by atoms with Crippen molar-refractivity contribution in [3.05, 3.63) is 33.7 Å². The molecular weight excluding hydrogens is 261 g/mol. The van der Waals surface area contributed by atoms with Gasteiger partial charge in [-0.05, 0) is 31.4 Å². The normalized spacial score (nSPS) is 16.5. The minimum Gasteiger partial charge on any atom is -0.338 e. The smallest absolute Gasteiger partial charge is 0.338 e. The predicted octanol–water partition coefficient (Wildman–Crippen LogP) is 2.02. The van der Waals surface area contributed by atoms with Crippen LogP contribution in [0.2, 0.25) is 0 Å². The Morgan fingerprint density at radius 1 is 1.16 bits per heavy atom. The van der Waals surface area contributed by atoms with E-state index in [1.807, 2.05) is 0 Å². The summed E-state index contributed by atoms with van der Waals surface area (Å²) in [4.78, 5) is 26.8. The van der Waals surface area contributed by atoms with E-state index in [1.54, 1.807) is 4.98 Å². The number of hydrogen-bond acceptors (Lipinski definition) is 2. The number of alkyl halides is 3. The van der Waals surface area contributed by atoms with Crippen molar-refractivity contribution in [3.8, 4) is 0 Å². The monoisotopic (exact) mass is 274 g/mol. The third-order valence-electron chi connectivity index (χ3n) is 3.09. The summed E-state index contributed by atoms with van der Waals surface area (Å²) < 4.78 is 37.2. The van der Waals surface area contributed by atoms with Crippen molar-refractivity contribution in [2.24, 2.45) is 0 Å². The molecule has 2 rings (SSSR count). The summed E-state index contributed by atoms with van der Waals surface area (Å²) >= 11 is 0. The number of aromatic nitrogens is 1. The maximum atomic E-state index is 12.4. The molecule has 0 spiro atoms. The summed E-state index contributed by atoms with van der Waals surface area (Å²) in [5, 5.41) is 0. The Labute approximate surface area is 107 Å². The number of rotatable bonds is 1. The highest BCUT2D eigenvalue weighted by atomic mass is 19.4. The molecule has 0 aromatic carbocycles. The van der Waals surface area contributed by atoms with E-state index in [-0.39, 0.29) is 5.56 Å². The molecule has 1 N–H and O–H groups in total. The summed E-state index contributed by atoms with van der Waals surface area (Å²) in [6, 6.07) is 1.66. The van der Waals surface area contributed by atoms with Crippen LogP contribution >= 0.6 is 0 Å². The Balaban J connectivity index is 2.26. The number of carbonyl (C=O) groups is 1. The van der Waals surface area contributed by atoms with Crippen LogP contribution in [0.5, 0.6) is 0 Å². The average molecular weight is 274 g/mol. The first kappa shape index (κ1) is 13.6. The number of likely N-dealkylation sites (tertiary alicyclic amines) is 1. The van der Waals surface area contributed by atoms with E-state index < -0.39 is 23.3 Å². The van der Waals surface area contributed by atoms with Gasteiger partial charge >= 0.3 is 6.18 Å². The maximum Gasteiger partial charge on any atom is 0.431 e. The zero-order chi connectivity index (χ0) is 14.0. The SMILES string of the molecule is O=C(c1ccc(C(F)(F)F)[nH]c1=O)N1CCCCC1. The molecule has 1 fully saturated rings. The van der Waals surface area contributed by atoms with Gasteiger partial charge in [0.25, 0.3) is 11.5 Å². The summed E-state index contributed by atoms with van der Waals surface area (Å²) in [6.07, 6.45) is -1.90. The molecule has 1 aliphatic heterocycles. The molecule has 4 nitrogen and oxygen atoms in total. The number of pyridine rings is 1. The Morgan fingerprint density at radius 3 is 2.32 bits per heavy atom. The fourth-order valence-electron chi connectivity index (χ4n) is 2.07. The van der Waals surface area contributed by atoms with Gasteiger partial charge in [0.1, 0.15) is 11.3 Å². The minimum absolute atomic E-state index is 0.241. The van der Waals surface area contributed by atoms with Crippen molar-refractivity contribution in [1.82, 2.24) is 9.88 Å². The second-order valence-corrected chi connectivity index (χ2v) is 4.47. The fourth-order valence-corrected chi connectivity index (χ4v) is 2.07. The molecule has 0 bridgehead atoms. The standard InChI is InChI=1S/C12H13F3N2O2/c13-12(14,15)9-5-4-8(10(18)16-9)11(19)17-6-2-1-3-7-17/h4-5H,1-3,6-7H2,(H,16,18). The molecule has 2 heterocycles. The van der Waals surface area contributed by atoms with Crippen LogP contribution in [-0.2, 0) is 6.18 Å². The number of halogens is 3. The summed E-state index contributed by atoms with van der Waals surface area (Å²) in [6.45, 7) is 1.08. The Morgan fingerprint density at radius 2 is 1.79 bits per heavy atom. The highest BCUT2D eigenvalue weighted by Crippen LogP contribution is 2.26. The van der Waals surface area contributed by atoms with Crippen LogP contribution in [0, 0.1) is 0 Å². The molecule has 1 aliphatic rings. The molecule has 19 heavy (non-hydrogen) atoms. The quantitative estimate of drug-likeness (QED) is 0.851. The van der Waals surface area contributed by atoms with Crippen molar-refractivity contribution in [3.63, 3.8) is 0 Å².